The third-order valence-electron chi connectivity index (χ3n) is 4.53. The van der Waals surface area contributed by atoms with Crippen molar-refractivity contribution in [3.63, 3.8) is 0 Å². The highest BCUT2D eigenvalue weighted by molar-refractivity contribution is 6.43. The van der Waals surface area contributed by atoms with E-state index in [1.807, 2.05) is 0 Å². The zero-order valence-corrected chi connectivity index (χ0v) is 19.0. The zero-order valence-electron chi connectivity index (χ0n) is 18.2. The number of benzene rings is 2. The molecule has 11 heteroatoms. The molecule has 0 saturated heterocycles. The number of nitrogens with zero attached hydrogens (tertiary/aromatic N) is 2. The van der Waals surface area contributed by atoms with Gasteiger partial charge >= 0.3 is 12.1 Å². The summed E-state index contributed by atoms with van der Waals surface area (Å²) in [6.07, 6.45) is -5.96. The molecule has 0 N–H and O–H groups in total. The predicted molar refractivity (Wildman–Crippen MR) is 115 cm³/mol. The summed E-state index contributed by atoms with van der Waals surface area (Å²) in [5.74, 6) is -1.70. The second-order valence-corrected chi connectivity index (χ2v) is 7.32. The Morgan fingerprint density at radius 2 is 1.85 bits per heavy atom. The number of hydrogen-bond acceptors (Lipinski definition) is 6. The van der Waals surface area contributed by atoms with Crippen LogP contribution in [0.4, 0.5) is 17.6 Å². The van der Waals surface area contributed by atoms with Crippen molar-refractivity contribution in [2.24, 2.45) is 10.3 Å². The highest BCUT2D eigenvalue weighted by Gasteiger charge is 2.30. The topological polar surface area (TPSA) is 69.5 Å². The normalized spacial score (nSPS) is 12.5. The molecule has 2 rings (SSSR count). The molecule has 0 aliphatic heterocycles. The molecule has 178 valence electrons. The maximum absolute atomic E-state index is 14.5. The van der Waals surface area contributed by atoms with Gasteiger partial charge in [-0.2, -0.15) is 13.2 Å². The minimum Gasteiger partial charge on any atom is -0.464 e. The van der Waals surface area contributed by atoms with Crippen LogP contribution in [0.5, 0.6) is 0 Å². The first-order valence-corrected chi connectivity index (χ1v) is 9.86. The molecule has 33 heavy (non-hydrogen) atoms. The van der Waals surface area contributed by atoms with Crippen LogP contribution >= 0.6 is 11.6 Å². The Bertz CT molecular complexity index is 1080. The van der Waals surface area contributed by atoms with Crippen LogP contribution in [0.1, 0.15) is 34.7 Å². The summed E-state index contributed by atoms with van der Waals surface area (Å²) >= 11 is 5.73. The van der Waals surface area contributed by atoms with Gasteiger partial charge in [0.15, 0.2) is 5.71 Å². The molecular weight excluding hydrogens is 468 g/mol. The fourth-order valence-corrected chi connectivity index (χ4v) is 3.35. The molecule has 2 aromatic carbocycles. The summed E-state index contributed by atoms with van der Waals surface area (Å²) in [5, 5.41) is 7.34. The number of oxime groups is 2. The third kappa shape index (κ3) is 6.92. The van der Waals surface area contributed by atoms with E-state index in [0.29, 0.717) is 16.7 Å². The van der Waals surface area contributed by atoms with E-state index in [0.717, 1.165) is 12.1 Å². The first kappa shape index (κ1) is 26.1. The van der Waals surface area contributed by atoms with Crippen molar-refractivity contribution in [1.29, 1.82) is 0 Å². The van der Waals surface area contributed by atoms with Crippen LogP contribution in [0.2, 0.25) is 5.02 Å². The Morgan fingerprint density at radius 3 is 2.45 bits per heavy atom. The molecule has 0 aliphatic rings. The average Bonchev–Trinajstić information content (AvgIpc) is 2.71. The van der Waals surface area contributed by atoms with Crippen molar-refractivity contribution < 1.29 is 36.8 Å². The average molecular weight is 489 g/mol. The van der Waals surface area contributed by atoms with Crippen LogP contribution in [0, 0.1) is 12.7 Å². The Hall–Kier alpha value is -3.14. The summed E-state index contributed by atoms with van der Waals surface area (Å²) in [5.41, 5.74) is 0.626. The Kier molecular flexibility index (Phi) is 8.81. The van der Waals surface area contributed by atoms with Crippen LogP contribution < -0.4 is 0 Å². The number of carbonyl (C=O) groups is 1. The molecule has 0 saturated carbocycles. The molecule has 0 radical (unpaired) electrons. The van der Waals surface area contributed by atoms with Gasteiger partial charge in [0.25, 0.3) is 0 Å². The van der Waals surface area contributed by atoms with Gasteiger partial charge in [0.2, 0.25) is 0 Å². The van der Waals surface area contributed by atoms with E-state index < -0.39 is 24.4 Å². The fraction of sp³-hybridized carbons (Fsp3) is 0.318. The Balaban J connectivity index is 2.39. The Labute approximate surface area is 192 Å². The van der Waals surface area contributed by atoms with E-state index >= 15 is 0 Å². The smallest absolute Gasteiger partial charge is 0.393 e. The lowest BCUT2D eigenvalue weighted by molar-refractivity contribution is -0.132. The summed E-state index contributed by atoms with van der Waals surface area (Å²) in [4.78, 5) is 22.2. The van der Waals surface area contributed by atoms with Gasteiger partial charge in [0, 0.05) is 21.7 Å². The summed E-state index contributed by atoms with van der Waals surface area (Å²) in [7, 11) is 2.45. The lowest BCUT2D eigenvalue weighted by Crippen LogP contribution is -2.20. The van der Waals surface area contributed by atoms with Crippen molar-refractivity contribution in [3.05, 3.63) is 69.0 Å². The first-order chi connectivity index (χ1) is 15.5. The monoisotopic (exact) mass is 488 g/mol. The number of aryl methyl sites for hydroxylation is 1. The van der Waals surface area contributed by atoms with Gasteiger partial charge in [-0.05, 0) is 37.1 Å². The number of rotatable bonds is 8. The summed E-state index contributed by atoms with van der Waals surface area (Å²) in [6.45, 7) is 2.88. The number of methoxy groups -OCH3 is 1. The maximum Gasteiger partial charge on any atom is 0.393 e. The zero-order chi connectivity index (χ0) is 24.8. The van der Waals surface area contributed by atoms with Gasteiger partial charge < -0.3 is 14.4 Å². The van der Waals surface area contributed by atoms with Gasteiger partial charge in [-0.15, -0.1) is 0 Å². The van der Waals surface area contributed by atoms with Crippen molar-refractivity contribution in [3.8, 4) is 0 Å². The molecule has 0 amide bonds. The summed E-state index contributed by atoms with van der Waals surface area (Å²) < 4.78 is 58.0. The number of alkyl halides is 3. The van der Waals surface area contributed by atoms with Crippen LogP contribution in [0.3, 0.4) is 0 Å². The first-order valence-electron chi connectivity index (χ1n) is 9.48. The highest BCUT2D eigenvalue weighted by Crippen LogP contribution is 2.28. The molecule has 0 spiro atoms. The van der Waals surface area contributed by atoms with Crippen LogP contribution in [0.15, 0.2) is 40.6 Å². The largest absolute Gasteiger partial charge is 0.464 e. The lowest BCUT2D eigenvalue weighted by atomic mass is 9.99. The number of ether oxygens (including phenoxy) is 1. The van der Waals surface area contributed by atoms with Gasteiger partial charge in [0.1, 0.15) is 19.5 Å². The molecule has 0 heterocycles. The molecule has 2 aromatic rings. The van der Waals surface area contributed by atoms with Crippen LogP contribution in [-0.4, -0.2) is 37.8 Å². The molecule has 0 aliphatic carbocycles. The minimum atomic E-state index is -4.58. The van der Waals surface area contributed by atoms with E-state index in [1.165, 1.54) is 21.1 Å². The standard InChI is InChI=1S/C22H21ClF4N2O4/c1-12-6-5-7-16(20(29-32-4)21(30)31-3)17(12)11-33-28-13(2)19-14(10-22(25,26)27)8-15(23)9-18(19)24/h5-9H,10-11H2,1-4H3/b28-13+,29-20+. The molecule has 6 nitrogen and oxygen atoms in total. The number of carbonyl (C=O) groups excluding carboxylic acids is 1. The molecule has 0 unspecified atom stereocenters. The number of hydrogen-bond donors (Lipinski definition) is 0. The van der Waals surface area contributed by atoms with E-state index in [9.17, 15) is 22.4 Å². The quantitative estimate of drug-likeness (QED) is 0.217. The van der Waals surface area contributed by atoms with Crippen LogP contribution in [-0.2, 0) is 32.2 Å². The number of halogens is 5. The van der Waals surface area contributed by atoms with E-state index in [4.69, 9.17) is 26.0 Å². The molecular formula is C22H21ClF4N2O4. The highest BCUT2D eigenvalue weighted by atomic mass is 35.5. The van der Waals surface area contributed by atoms with Crippen molar-refractivity contribution in [1.82, 2.24) is 0 Å². The van der Waals surface area contributed by atoms with Crippen LogP contribution in [0.25, 0.3) is 0 Å². The molecule has 0 fully saturated rings. The predicted octanol–water partition coefficient (Wildman–Crippen LogP) is 5.36. The SMILES string of the molecule is CO/N=C(/C(=O)OC)c1cccc(C)c1CO/N=C(\C)c1c(F)cc(Cl)cc1CC(F)(F)F. The van der Waals surface area contributed by atoms with E-state index in [2.05, 4.69) is 10.3 Å². The van der Waals surface area contributed by atoms with Gasteiger partial charge in [-0.3, -0.25) is 0 Å². The van der Waals surface area contributed by atoms with Crippen molar-refractivity contribution in [2.45, 2.75) is 33.1 Å². The van der Waals surface area contributed by atoms with E-state index in [1.54, 1.807) is 25.1 Å². The second kappa shape index (κ2) is 11.1. The van der Waals surface area contributed by atoms with Gasteiger partial charge in [-0.25, -0.2) is 9.18 Å². The maximum atomic E-state index is 14.5. The van der Waals surface area contributed by atoms with E-state index in [-0.39, 0.29) is 34.2 Å². The molecule has 0 atom stereocenters. The van der Waals surface area contributed by atoms with Crippen molar-refractivity contribution >= 4 is 29.0 Å². The van der Waals surface area contributed by atoms with Gasteiger partial charge in [-0.1, -0.05) is 40.1 Å². The Morgan fingerprint density at radius 1 is 1.15 bits per heavy atom. The third-order valence-corrected chi connectivity index (χ3v) is 4.74. The second-order valence-electron chi connectivity index (χ2n) is 6.88. The van der Waals surface area contributed by atoms with Gasteiger partial charge in [0.05, 0.1) is 19.2 Å². The molecule has 0 bridgehead atoms. The minimum absolute atomic E-state index is 0.112. The molecule has 0 aromatic heterocycles. The fourth-order valence-electron chi connectivity index (χ4n) is 3.13. The lowest BCUT2D eigenvalue weighted by Gasteiger charge is -2.14. The van der Waals surface area contributed by atoms with Crippen molar-refractivity contribution in [2.75, 3.05) is 14.2 Å². The summed E-state index contributed by atoms with van der Waals surface area (Å²) in [6, 6.07) is 6.97. The number of esters is 1.